The van der Waals surface area contributed by atoms with Gasteiger partial charge >= 0.3 is 0 Å². The summed E-state index contributed by atoms with van der Waals surface area (Å²) in [6, 6.07) is 22.9. The molecule has 4 nitrogen and oxygen atoms in total. The molecule has 0 saturated carbocycles. The Morgan fingerprint density at radius 2 is 1.17 bits per heavy atom. The van der Waals surface area contributed by atoms with E-state index in [9.17, 15) is 10.5 Å². The van der Waals surface area contributed by atoms with Gasteiger partial charge in [0.15, 0.2) is 0 Å². The van der Waals surface area contributed by atoms with Crippen molar-refractivity contribution in [2.24, 2.45) is 8.80 Å². The lowest BCUT2D eigenvalue weighted by Crippen LogP contribution is -2.19. The van der Waals surface area contributed by atoms with Crippen LogP contribution >= 0.6 is 12.1 Å². The maximum absolute atomic E-state index is 9.36. The molecule has 0 aromatic heterocycles. The fourth-order valence-electron chi connectivity index (χ4n) is 2.27. The maximum Gasteiger partial charge on any atom is 0.141 e. The summed E-state index contributed by atoms with van der Waals surface area (Å²) >= 11 is 1.07. The third-order valence-electron chi connectivity index (χ3n) is 3.31. The van der Waals surface area contributed by atoms with Crippen LogP contribution in [0.4, 0.5) is 0 Å². The van der Waals surface area contributed by atoms with E-state index >= 15 is 0 Å². The van der Waals surface area contributed by atoms with Crippen LogP contribution in [-0.4, -0.2) is 11.4 Å². The van der Waals surface area contributed by atoms with Gasteiger partial charge in [0.2, 0.25) is 0 Å². The van der Waals surface area contributed by atoms with Crippen LogP contribution in [0, 0.1) is 22.7 Å². The van der Waals surface area contributed by atoms with Gasteiger partial charge in [0.1, 0.15) is 29.8 Å². The molecule has 1 heterocycles. The van der Waals surface area contributed by atoms with Crippen molar-refractivity contribution < 1.29 is 0 Å². The first kappa shape index (κ1) is 14.8. The largest absolute Gasteiger partial charge is 0.192 e. The van der Waals surface area contributed by atoms with Crippen molar-refractivity contribution in [3.05, 3.63) is 82.9 Å². The van der Waals surface area contributed by atoms with Crippen molar-refractivity contribution in [3.63, 3.8) is 0 Å². The van der Waals surface area contributed by atoms with Crippen LogP contribution in [0.5, 0.6) is 0 Å². The van der Waals surface area contributed by atoms with Gasteiger partial charge in [-0.25, -0.2) is 0 Å². The van der Waals surface area contributed by atoms with E-state index in [0.29, 0.717) is 17.0 Å². The molecule has 0 atom stereocenters. The molecule has 0 N–H and O–H groups in total. The minimum atomic E-state index is 0.00973. The second-order valence-corrected chi connectivity index (χ2v) is 5.20. The van der Waals surface area contributed by atoms with E-state index < -0.39 is 0 Å². The molecule has 1 aliphatic rings. The smallest absolute Gasteiger partial charge is 0.141 e. The normalized spacial score (nSPS) is 13.4. The predicted molar refractivity (Wildman–Crippen MR) is 91.8 cm³/mol. The summed E-state index contributed by atoms with van der Waals surface area (Å²) in [6.45, 7) is 0. The van der Waals surface area contributed by atoms with E-state index in [0.717, 1.165) is 23.3 Å². The summed E-state index contributed by atoms with van der Waals surface area (Å²) in [5, 5.41) is 18.7. The van der Waals surface area contributed by atoms with Crippen LogP contribution in [0.2, 0.25) is 0 Å². The van der Waals surface area contributed by atoms with Gasteiger partial charge in [0.25, 0.3) is 0 Å². The van der Waals surface area contributed by atoms with E-state index in [-0.39, 0.29) is 5.57 Å². The number of hydrogen-bond acceptors (Lipinski definition) is 5. The number of allylic oxidation sites excluding steroid dienone is 2. The lowest BCUT2D eigenvalue weighted by atomic mass is 9.91. The minimum Gasteiger partial charge on any atom is -0.192 e. The minimum absolute atomic E-state index is 0.00973. The van der Waals surface area contributed by atoms with Gasteiger partial charge in [-0.2, -0.15) is 19.3 Å². The number of nitriles is 2. The number of benzene rings is 2. The lowest BCUT2D eigenvalue weighted by Gasteiger charge is -2.17. The monoisotopic (exact) mass is 314 g/mol. The fourth-order valence-corrected chi connectivity index (χ4v) is 2.86. The highest BCUT2D eigenvalue weighted by Crippen LogP contribution is 2.28. The molecule has 0 fully saturated rings. The third kappa shape index (κ3) is 2.91. The Morgan fingerprint density at radius 3 is 1.57 bits per heavy atom. The Hall–Kier alpha value is -3.15. The molecule has 0 radical (unpaired) electrons. The third-order valence-corrected chi connectivity index (χ3v) is 3.83. The van der Waals surface area contributed by atoms with Crippen LogP contribution in [0.15, 0.2) is 80.6 Å². The molecule has 108 valence electrons. The van der Waals surface area contributed by atoms with Crippen molar-refractivity contribution in [1.82, 2.24) is 0 Å². The first-order valence-corrected chi connectivity index (χ1v) is 7.56. The fraction of sp³-hybridized carbons (Fsp3) is 0. The summed E-state index contributed by atoms with van der Waals surface area (Å²) in [5.41, 5.74) is 3.38. The number of rotatable bonds is 2. The first-order valence-electron chi connectivity index (χ1n) is 6.83. The summed E-state index contributed by atoms with van der Waals surface area (Å²) < 4.78 is 8.72. The quantitative estimate of drug-likeness (QED) is 0.623. The molecule has 1 aliphatic heterocycles. The number of nitrogens with zero attached hydrogens (tertiary/aromatic N) is 4. The Bertz CT molecular complexity index is 824. The maximum atomic E-state index is 9.36. The average Bonchev–Trinajstić information content (AvgIpc) is 2.64. The van der Waals surface area contributed by atoms with Crippen molar-refractivity contribution in [3.8, 4) is 12.1 Å². The van der Waals surface area contributed by atoms with Crippen LogP contribution in [0.25, 0.3) is 0 Å². The molecular weight excluding hydrogens is 304 g/mol. The lowest BCUT2D eigenvalue weighted by molar-refractivity contribution is 1.44. The van der Waals surface area contributed by atoms with E-state index in [2.05, 4.69) is 8.80 Å². The Labute approximate surface area is 138 Å². The van der Waals surface area contributed by atoms with E-state index in [1.165, 1.54) is 0 Å². The summed E-state index contributed by atoms with van der Waals surface area (Å²) in [5.74, 6) is 0. The molecule has 23 heavy (non-hydrogen) atoms. The summed E-state index contributed by atoms with van der Waals surface area (Å²) in [4.78, 5) is 0. The highest BCUT2D eigenvalue weighted by atomic mass is 32.2. The van der Waals surface area contributed by atoms with E-state index in [4.69, 9.17) is 0 Å². The zero-order valence-electron chi connectivity index (χ0n) is 12.0. The van der Waals surface area contributed by atoms with E-state index in [1.54, 1.807) is 0 Å². The van der Waals surface area contributed by atoms with Gasteiger partial charge in [-0.15, -0.1) is 0 Å². The zero-order valence-corrected chi connectivity index (χ0v) is 12.8. The highest BCUT2D eigenvalue weighted by molar-refractivity contribution is 7.97. The molecule has 2 aromatic rings. The molecule has 5 heteroatoms. The molecule has 0 unspecified atom stereocenters. The Kier molecular flexibility index (Phi) is 4.33. The van der Waals surface area contributed by atoms with Gasteiger partial charge in [0, 0.05) is 11.1 Å². The van der Waals surface area contributed by atoms with Gasteiger partial charge in [-0.3, -0.25) is 0 Å². The van der Waals surface area contributed by atoms with Gasteiger partial charge in [-0.05, 0) is 0 Å². The van der Waals surface area contributed by atoms with Gasteiger partial charge in [0.05, 0.1) is 17.0 Å². The van der Waals surface area contributed by atoms with Crippen molar-refractivity contribution in [1.29, 1.82) is 10.5 Å². The average molecular weight is 314 g/mol. The van der Waals surface area contributed by atoms with Crippen molar-refractivity contribution in [2.45, 2.75) is 0 Å². The van der Waals surface area contributed by atoms with Crippen LogP contribution < -0.4 is 0 Å². The SMILES string of the molecule is N#CC(C#N)=C1C(c2ccccc2)=NSN=C1c1ccccc1. The predicted octanol–water partition coefficient (Wildman–Crippen LogP) is 3.89. The second-order valence-electron chi connectivity index (χ2n) is 4.67. The Balaban J connectivity index is 2.21. The van der Waals surface area contributed by atoms with Gasteiger partial charge in [-0.1, -0.05) is 60.7 Å². The highest BCUT2D eigenvalue weighted by Gasteiger charge is 2.25. The Morgan fingerprint density at radius 1 is 0.739 bits per heavy atom. The van der Waals surface area contributed by atoms with Crippen molar-refractivity contribution >= 4 is 23.6 Å². The van der Waals surface area contributed by atoms with Crippen LogP contribution in [0.1, 0.15) is 11.1 Å². The van der Waals surface area contributed by atoms with E-state index in [1.807, 2.05) is 72.8 Å². The van der Waals surface area contributed by atoms with Crippen LogP contribution in [0.3, 0.4) is 0 Å². The van der Waals surface area contributed by atoms with Gasteiger partial charge < -0.3 is 0 Å². The molecule has 0 amide bonds. The standard InChI is InChI=1S/C18H10N4S/c19-11-15(12-20)16-17(13-7-3-1-4-8-13)21-23-22-18(16)14-9-5-2-6-10-14/h1-10H. The molecule has 2 aromatic carbocycles. The molecule has 0 saturated heterocycles. The molecule has 3 rings (SSSR count). The molecule has 0 aliphatic carbocycles. The first-order chi connectivity index (χ1) is 11.3. The zero-order chi connectivity index (χ0) is 16.1. The molecular formula is C18H10N4S. The topological polar surface area (TPSA) is 72.3 Å². The molecule has 0 bridgehead atoms. The second kappa shape index (κ2) is 6.74. The number of hydrogen-bond donors (Lipinski definition) is 0. The summed E-state index contributed by atoms with van der Waals surface area (Å²) in [7, 11) is 0. The van der Waals surface area contributed by atoms with Crippen molar-refractivity contribution in [2.75, 3.05) is 0 Å². The van der Waals surface area contributed by atoms with Crippen LogP contribution in [-0.2, 0) is 0 Å². The molecule has 0 spiro atoms. The summed E-state index contributed by atoms with van der Waals surface area (Å²) in [6.07, 6.45) is 0.